The van der Waals surface area contributed by atoms with Gasteiger partial charge in [-0.05, 0) is 31.6 Å². The fourth-order valence-corrected chi connectivity index (χ4v) is 3.10. The minimum absolute atomic E-state index is 0.0157. The van der Waals surface area contributed by atoms with Gasteiger partial charge in [0.1, 0.15) is 5.76 Å². The first-order valence-electron chi connectivity index (χ1n) is 7.33. The molecule has 0 aromatic heterocycles. The van der Waals surface area contributed by atoms with Crippen LogP contribution in [-0.2, 0) is 4.79 Å². The first kappa shape index (κ1) is 16.9. The van der Waals surface area contributed by atoms with Gasteiger partial charge in [0.25, 0.3) is 0 Å². The summed E-state index contributed by atoms with van der Waals surface area (Å²) in [7, 11) is 3.95. The Morgan fingerprint density at radius 3 is 2.73 bits per heavy atom. The van der Waals surface area contributed by atoms with Gasteiger partial charge in [0.05, 0.1) is 12.1 Å². The molecule has 118 valence electrons. The van der Waals surface area contributed by atoms with Crippen LogP contribution in [0.1, 0.15) is 24.3 Å². The minimum Gasteiger partial charge on any atom is -0.511 e. The van der Waals surface area contributed by atoms with Gasteiger partial charge in [-0.15, -0.1) is 0 Å². The molecule has 0 fully saturated rings. The number of allylic oxidation sites excluding steroid dienone is 2. The van der Waals surface area contributed by atoms with Crippen molar-refractivity contribution in [2.75, 3.05) is 27.2 Å². The smallest absolute Gasteiger partial charge is 0.168 e. The molecule has 0 saturated heterocycles. The maximum Gasteiger partial charge on any atom is 0.168 e. The molecule has 0 amide bonds. The number of rotatable bonds is 5. The van der Waals surface area contributed by atoms with Crippen LogP contribution in [0.4, 0.5) is 0 Å². The van der Waals surface area contributed by atoms with Crippen LogP contribution in [0.3, 0.4) is 0 Å². The van der Waals surface area contributed by atoms with Gasteiger partial charge < -0.3 is 10.0 Å². The number of aliphatic hydroxyl groups is 1. The van der Waals surface area contributed by atoms with E-state index < -0.39 is 0 Å². The Labute approximate surface area is 139 Å². The molecule has 1 atom stereocenters. The number of aliphatic hydroxyl groups excluding tert-OH is 1. The lowest BCUT2D eigenvalue weighted by Gasteiger charge is -2.23. The Morgan fingerprint density at radius 1 is 1.36 bits per heavy atom. The van der Waals surface area contributed by atoms with E-state index in [1.165, 1.54) is 6.21 Å². The highest BCUT2D eigenvalue weighted by atomic mass is 79.9. The largest absolute Gasteiger partial charge is 0.511 e. The number of hydrogen-bond donors (Lipinski definition) is 1. The van der Waals surface area contributed by atoms with E-state index in [1.807, 2.05) is 43.3 Å². The molecule has 2 rings (SSSR count). The number of halogens is 1. The van der Waals surface area contributed by atoms with Gasteiger partial charge in [0, 0.05) is 30.1 Å². The second-order valence-corrected chi connectivity index (χ2v) is 6.60. The Kier molecular flexibility index (Phi) is 5.91. The van der Waals surface area contributed by atoms with Gasteiger partial charge in [0.15, 0.2) is 5.78 Å². The van der Waals surface area contributed by atoms with Crippen LogP contribution in [-0.4, -0.2) is 49.2 Å². The van der Waals surface area contributed by atoms with Gasteiger partial charge in [-0.3, -0.25) is 9.79 Å². The average molecular weight is 365 g/mol. The molecular formula is C17H21BrN2O2. The van der Waals surface area contributed by atoms with E-state index >= 15 is 0 Å². The highest BCUT2D eigenvalue weighted by molar-refractivity contribution is 9.10. The van der Waals surface area contributed by atoms with Crippen LogP contribution >= 0.6 is 15.9 Å². The van der Waals surface area contributed by atoms with Crippen LogP contribution in [0.2, 0.25) is 0 Å². The van der Waals surface area contributed by atoms with E-state index in [9.17, 15) is 9.90 Å². The summed E-state index contributed by atoms with van der Waals surface area (Å²) in [5.74, 6) is 0.116. The van der Waals surface area contributed by atoms with Crippen LogP contribution in [0.25, 0.3) is 0 Å². The lowest BCUT2D eigenvalue weighted by Crippen LogP contribution is -2.20. The summed E-state index contributed by atoms with van der Waals surface area (Å²) >= 11 is 3.51. The zero-order valence-corrected chi connectivity index (χ0v) is 14.5. The quantitative estimate of drug-likeness (QED) is 0.815. The number of benzene rings is 1. The zero-order valence-electron chi connectivity index (χ0n) is 12.9. The van der Waals surface area contributed by atoms with Crippen molar-refractivity contribution in [2.45, 2.75) is 18.8 Å². The van der Waals surface area contributed by atoms with Crippen molar-refractivity contribution < 1.29 is 9.90 Å². The van der Waals surface area contributed by atoms with Crippen LogP contribution in [0.5, 0.6) is 0 Å². The summed E-state index contributed by atoms with van der Waals surface area (Å²) in [6, 6.07) is 7.84. The van der Waals surface area contributed by atoms with E-state index in [2.05, 4.69) is 20.9 Å². The second-order valence-electron chi connectivity index (χ2n) is 5.75. The lowest BCUT2D eigenvalue weighted by atomic mass is 9.83. The zero-order chi connectivity index (χ0) is 16.1. The molecule has 1 N–H and O–H groups in total. The molecule has 0 heterocycles. The van der Waals surface area contributed by atoms with Crippen LogP contribution in [0, 0.1) is 0 Å². The molecule has 1 aliphatic carbocycles. The average Bonchev–Trinajstić information content (AvgIpc) is 2.45. The third-order valence-electron chi connectivity index (χ3n) is 3.72. The number of Topliss-reactive ketones (excluding diaryl/α,β-unsaturated/α-hetero) is 1. The minimum atomic E-state index is -0.0434. The summed E-state index contributed by atoms with van der Waals surface area (Å²) in [5.41, 5.74) is 1.42. The van der Waals surface area contributed by atoms with Crippen LogP contribution in [0.15, 0.2) is 45.1 Å². The number of carbonyl (C=O) groups excluding carboxylic acids is 1. The van der Waals surface area contributed by atoms with Crippen molar-refractivity contribution in [3.05, 3.63) is 45.6 Å². The summed E-state index contributed by atoms with van der Waals surface area (Å²) < 4.78 is 0.976. The number of ketones is 1. The number of carbonyl (C=O) groups is 1. The Hall–Kier alpha value is -1.46. The van der Waals surface area contributed by atoms with Crippen molar-refractivity contribution in [2.24, 2.45) is 4.99 Å². The van der Waals surface area contributed by atoms with Gasteiger partial charge in [-0.1, -0.05) is 34.1 Å². The van der Waals surface area contributed by atoms with E-state index in [-0.39, 0.29) is 17.5 Å². The molecule has 5 heteroatoms. The van der Waals surface area contributed by atoms with E-state index in [0.29, 0.717) is 25.0 Å². The molecule has 4 nitrogen and oxygen atoms in total. The van der Waals surface area contributed by atoms with E-state index in [0.717, 1.165) is 16.6 Å². The number of nitrogens with zero attached hydrogens (tertiary/aromatic N) is 2. The normalized spacial score (nSPS) is 19.5. The number of hydrogen-bond acceptors (Lipinski definition) is 4. The SMILES string of the molecule is CN(C)CCN=CC1=C(O)CC(c2ccccc2Br)CC1=O. The highest BCUT2D eigenvalue weighted by Crippen LogP contribution is 2.36. The van der Waals surface area contributed by atoms with Gasteiger partial charge in [0.2, 0.25) is 0 Å². The molecule has 22 heavy (non-hydrogen) atoms. The van der Waals surface area contributed by atoms with Crippen molar-refractivity contribution in [3.8, 4) is 0 Å². The predicted octanol–water partition coefficient (Wildman–Crippen LogP) is 3.34. The summed E-state index contributed by atoms with van der Waals surface area (Å²) in [4.78, 5) is 18.6. The molecule has 1 aromatic carbocycles. The lowest BCUT2D eigenvalue weighted by molar-refractivity contribution is -0.116. The fourth-order valence-electron chi connectivity index (χ4n) is 2.50. The monoisotopic (exact) mass is 364 g/mol. The standard InChI is InChI=1S/C17H21BrN2O2/c1-20(2)8-7-19-11-14-16(21)9-12(10-17(14)22)13-5-3-4-6-15(13)18/h3-6,11-12,21H,7-10H2,1-2H3. The fraction of sp³-hybridized carbons (Fsp3) is 0.412. The second kappa shape index (κ2) is 7.70. The maximum absolute atomic E-state index is 12.3. The maximum atomic E-state index is 12.3. The van der Waals surface area contributed by atoms with Gasteiger partial charge in [-0.2, -0.15) is 0 Å². The molecule has 1 unspecified atom stereocenters. The third kappa shape index (κ3) is 4.27. The number of aliphatic imine (C=N–C) groups is 1. The summed E-state index contributed by atoms with van der Waals surface area (Å²) in [5, 5.41) is 10.2. The molecular weight excluding hydrogens is 344 g/mol. The first-order chi connectivity index (χ1) is 10.5. The molecule has 0 radical (unpaired) electrons. The Bertz CT molecular complexity index is 608. The van der Waals surface area contributed by atoms with Gasteiger partial charge in [-0.25, -0.2) is 0 Å². The first-order valence-corrected chi connectivity index (χ1v) is 8.12. The third-order valence-corrected chi connectivity index (χ3v) is 4.45. The highest BCUT2D eigenvalue weighted by Gasteiger charge is 2.28. The molecule has 0 bridgehead atoms. The van der Waals surface area contributed by atoms with Crippen LogP contribution < -0.4 is 0 Å². The van der Waals surface area contributed by atoms with Crippen molar-refractivity contribution in [3.63, 3.8) is 0 Å². The molecule has 1 aliphatic rings. The van der Waals surface area contributed by atoms with E-state index in [4.69, 9.17) is 0 Å². The van der Waals surface area contributed by atoms with Crippen molar-refractivity contribution in [1.82, 2.24) is 4.90 Å². The Morgan fingerprint density at radius 2 is 2.09 bits per heavy atom. The molecule has 0 aliphatic heterocycles. The Balaban J connectivity index is 2.11. The molecule has 0 spiro atoms. The summed E-state index contributed by atoms with van der Waals surface area (Å²) in [6.07, 6.45) is 2.41. The van der Waals surface area contributed by atoms with Crippen molar-refractivity contribution in [1.29, 1.82) is 0 Å². The predicted molar refractivity (Wildman–Crippen MR) is 92.7 cm³/mol. The van der Waals surface area contributed by atoms with E-state index in [1.54, 1.807) is 0 Å². The number of likely N-dealkylation sites (N-methyl/N-ethyl adjacent to an activating group) is 1. The summed E-state index contributed by atoms with van der Waals surface area (Å²) in [6.45, 7) is 1.43. The van der Waals surface area contributed by atoms with Crippen molar-refractivity contribution >= 4 is 27.9 Å². The topological polar surface area (TPSA) is 52.9 Å². The molecule has 1 aromatic rings. The molecule has 0 saturated carbocycles. The van der Waals surface area contributed by atoms with Gasteiger partial charge >= 0.3 is 0 Å².